The molecule has 1 unspecified atom stereocenters. The summed E-state index contributed by atoms with van der Waals surface area (Å²) in [6.07, 6.45) is 0. The van der Waals surface area contributed by atoms with Crippen molar-refractivity contribution in [2.24, 2.45) is 16.6 Å². The molecule has 0 bridgehead atoms. The Morgan fingerprint density at radius 2 is 2.16 bits per heavy atom. The summed E-state index contributed by atoms with van der Waals surface area (Å²) >= 11 is 3.48. The molecular weight excluding hydrogens is 306 g/mol. The molecule has 1 aliphatic rings. The highest BCUT2D eigenvalue weighted by atomic mass is 79.9. The van der Waals surface area contributed by atoms with Crippen LogP contribution < -0.4 is 5.73 Å². The van der Waals surface area contributed by atoms with Crippen molar-refractivity contribution in [1.29, 1.82) is 0 Å². The van der Waals surface area contributed by atoms with Gasteiger partial charge in [-0.2, -0.15) is 4.99 Å². The van der Waals surface area contributed by atoms with Crippen molar-refractivity contribution in [2.45, 2.75) is 26.8 Å². The Labute approximate surface area is 121 Å². The van der Waals surface area contributed by atoms with E-state index < -0.39 is 0 Å². The fraction of sp³-hybridized carbons (Fsp3) is 0.429. The summed E-state index contributed by atoms with van der Waals surface area (Å²) in [5.74, 6) is 0.761. The zero-order valence-corrected chi connectivity index (χ0v) is 12.9. The van der Waals surface area contributed by atoms with Crippen LogP contribution in [0.3, 0.4) is 0 Å². The van der Waals surface area contributed by atoms with Crippen LogP contribution in [-0.4, -0.2) is 23.3 Å². The van der Waals surface area contributed by atoms with E-state index in [0.717, 1.165) is 15.6 Å². The highest BCUT2D eigenvalue weighted by Gasteiger charge is 2.34. The van der Waals surface area contributed by atoms with Gasteiger partial charge in [-0.1, -0.05) is 41.9 Å². The van der Waals surface area contributed by atoms with Gasteiger partial charge in [0.05, 0.1) is 0 Å². The molecule has 1 heterocycles. The lowest BCUT2D eigenvalue weighted by atomic mass is 10.0. The van der Waals surface area contributed by atoms with Gasteiger partial charge in [-0.3, -0.25) is 0 Å². The highest BCUT2D eigenvalue weighted by Crippen LogP contribution is 2.30. The smallest absolute Gasteiger partial charge is 0.346 e. The average molecular weight is 324 g/mol. The van der Waals surface area contributed by atoms with Gasteiger partial charge >= 0.3 is 6.03 Å². The summed E-state index contributed by atoms with van der Waals surface area (Å²) in [5, 5.41) is 0. The van der Waals surface area contributed by atoms with E-state index in [1.165, 1.54) is 0 Å². The zero-order valence-electron chi connectivity index (χ0n) is 11.4. The SMILES string of the molecule is Cc1cc(C2C(N)=NC(=O)N2CC(C)C)ccc1Br. The van der Waals surface area contributed by atoms with Gasteiger partial charge in [-0.25, -0.2) is 4.79 Å². The van der Waals surface area contributed by atoms with Crippen LogP contribution in [0.1, 0.15) is 31.0 Å². The van der Waals surface area contributed by atoms with Crippen molar-refractivity contribution in [3.05, 3.63) is 33.8 Å². The predicted molar refractivity (Wildman–Crippen MR) is 80.2 cm³/mol. The Morgan fingerprint density at radius 1 is 1.47 bits per heavy atom. The number of urea groups is 1. The second-order valence-corrected chi connectivity index (χ2v) is 6.13. The topological polar surface area (TPSA) is 58.7 Å². The average Bonchev–Trinajstić information content (AvgIpc) is 2.57. The monoisotopic (exact) mass is 323 g/mol. The minimum atomic E-state index is -0.239. The number of amides is 2. The Kier molecular flexibility index (Phi) is 3.94. The van der Waals surface area contributed by atoms with Gasteiger partial charge in [0.2, 0.25) is 0 Å². The predicted octanol–water partition coefficient (Wildman–Crippen LogP) is 3.25. The van der Waals surface area contributed by atoms with E-state index in [1.54, 1.807) is 4.90 Å². The van der Waals surface area contributed by atoms with Crippen LogP contribution in [-0.2, 0) is 0 Å². The lowest BCUT2D eigenvalue weighted by Gasteiger charge is -2.26. The fourth-order valence-electron chi connectivity index (χ4n) is 2.27. The molecule has 0 aliphatic carbocycles. The van der Waals surface area contributed by atoms with Crippen molar-refractivity contribution < 1.29 is 4.79 Å². The number of nitrogens with two attached hydrogens (primary N) is 1. The quantitative estimate of drug-likeness (QED) is 0.928. The molecule has 4 nitrogen and oxygen atoms in total. The lowest BCUT2D eigenvalue weighted by molar-refractivity contribution is 0.199. The Balaban J connectivity index is 2.36. The first-order valence-corrected chi connectivity index (χ1v) is 7.10. The van der Waals surface area contributed by atoms with E-state index in [2.05, 4.69) is 34.8 Å². The summed E-state index contributed by atoms with van der Waals surface area (Å²) in [7, 11) is 0. The maximum Gasteiger partial charge on any atom is 0.346 e. The summed E-state index contributed by atoms with van der Waals surface area (Å²) in [6, 6.07) is 5.53. The van der Waals surface area contributed by atoms with Crippen molar-refractivity contribution in [2.75, 3.05) is 6.54 Å². The number of halogens is 1. The summed E-state index contributed by atoms with van der Waals surface area (Å²) in [4.78, 5) is 17.5. The summed E-state index contributed by atoms with van der Waals surface area (Å²) in [6.45, 7) is 6.82. The van der Waals surface area contributed by atoms with Crippen molar-refractivity contribution in [3.63, 3.8) is 0 Å². The third-order valence-corrected chi connectivity index (χ3v) is 4.01. The first-order valence-electron chi connectivity index (χ1n) is 6.31. The number of hydrogen-bond donors (Lipinski definition) is 1. The van der Waals surface area contributed by atoms with Gasteiger partial charge < -0.3 is 10.6 Å². The first-order chi connectivity index (χ1) is 8.90. The number of carbonyl (C=O) groups excluding carboxylic acids is 1. The largest absolute Gasteiger partial charge is 0.385 e. The van der Waals surface area contributed by atoms with Crippen molar-refractivity contribution in [3.8, 4) is 0 Å². The Morgan fingerprint density at radius 3 is 2.74 bits per heavy atom. The number of nitrogens with zero attached hydrogens (tertiary/aromatic N) is 2. The van der Waals surface area contributed by atoms with Gasteiger partial charge in [0.25, 0.3) is 0 Å². The number of benzene rings is 1. The van der Waals surface area contributed by atoms with Crippen LogP contribution in [0.2, 0.25) is 0 Å². The van der Waals surface area contributed by atoms with E-state index in [0.29, 0.717) is 18.3 Å². The number of rotatable bonds is 3. The van der Waals surface area contributed by atoms with E-state index in [9.17, 15) is 4.79 Å². The van der Waals surface area contributed by atoms with Crippen LogP contribution in [0, 0.1) is 12.8 Å². The fourth-order valence-corrected chi connectivity index (χ4v) is 2.52. The molecule has 102 valence electrons. The molecule has 19 heavy (non-hydrogen) atoms. The second kappa shape index (κ2) is 5.33. The number of aliphatic imine (C=N–C) groups is 1. The van der Waals surface area contributed by atoms with Crippen molar-refractivity contribution >= 4 is 27.8 Å². The van der Waals surface area contributed by atoms with Gasteiger partial charge in [-0.05, 0) is 30.0 Å². The zero-order chi connectivity index (χ0) is 14.2. The minimum absolute atomic E-state index is 0.235. The first kappa shape index (κ1) is 14.1. The number of aryl methyl sites for hydroxylation is 1. The molecular formula is C14H18BrN3O. The number of hydrogen-bond acceptors (Lipinski definition) is 2. The molecule has 0 fully saturated rings. The molecule has 2 amide bonds. The lowest BCUT2D eigenvalue weighted by Crippen LogP contribution is -2.35. The van der Waals surface area contributed by atoms with E-state index in [1.807, 2.05) is 25.1 Å². The second-order valence-electron chi connectivity index (χ2n) is 5.28. The summed E-state index contributed by atoms with van der Waals surface area (Å²) in [5.41, 5.74) is 8.06. The maximum atomic E-state index is 11.9. The molecule has 2 rings (SSSR count). The van der Waals surface area contributed by atoms with E-state index >= 15 is 0 Å². The third-order valence-electron chi connectivity index (χ3n) is 3.12. The molecule has 1 aliphatic heterocycles. The third kappa shape index (κ3) is 2.81. The normalized spacial score (nSPS) is 19.2. The van der Waals surface area contributed by atoms with E-state index in [4.69, 9.17) is 5.73 Å². The number of amidine groups is 1. The molecule has 0 saturated heterocycles. The molecule has 2 N–H and O–H groups in total. The highest BCUT2D eigenvalue weighted by molar-refractivity contribution is 9.10. The van der Waals surface area contributed by atoms with E-state index in [-0.39, 0.29) is 12.1 Å². The molecule has 0 saturated carbocycles. The molecule has 0 aromatic heterocycles. The van der Waals surface area contributed by atoms with Crippen LogP contribution in [0.25, 0.3) is 0 Å². The van der Waals surface area contributed by atoms with Crippen LogP contribution >= 0.6 is 15.9 Å². The molecule has 0 spiro atoms. The van der Waals surface area contributed by atoms with Gasteiger partial charge in [-0.15, -0.1) is 0 Å². The molecule has 1 aromatic carbocycles. The van der Waals surface area contributed by atoms with Crippen LogP contribution in [0.5, 0.6) is 0 Å². The number of carbonyl (C=O) groups is 1. The summed E-state index contributed by atoms with van der Waals surface area (Å²) < 4.78 is 1.05. The van der Waals surface area contributed by atoms with Crippen LogP contribution in [0.15, 0.2) is 27.7 Å². The molecule has 1 aromatic rings. The van der Waals surface area contributed by atoms with Gasteiger partial charge in [0.1, 0.15) is 11.9 Å². The minimum Gasteiger partial charge on any atom is -0.385 e. The molecule has 1 atom stereocenters. The standard InChI is InChI=1S/C14H18BrN3O/c1-8(2)7-18-12(13(16)17-14(18)19)10-4-5-11(15)9(3)6-10/h4-6,8,12H,7H2,1-3H3,(H2,16,17,19). The Bertz CT molecular complexity index is 539. The van der Waals surface area contributed by atoms with Crippen molar-refractivity contribution in [1.82, 2.24) is 4.90 Å². The Hall–Kier alpha value is -1.36. The maximum absolute atomic E-state index is 11.9. The molecule has 5 heteroatoms. The van der Waals surface area contributed by atoms with Crippen LogP contribution in [0.4, 0.5) is 4.79 Å². The van der Waals surface area contributed by atoms with Gasteiger partial charge in [0, 0.05) is 11.0 Å². The van der Waals surface area contributed by atoms with Gasteiger partial charge in [0.15, 0.2) is 0 Å². The molecule has 0 radical (unpaired) electrons.